The van der Waals surface area contributed by atoms with E-state index in [9.17, 15) is 0 Å². The second kappa shape index (κ2) is 5.33. The average Bonchev–Trinajstić information content (AvgIpc) is 2.73. The summed E-state index contributed by atoms with van der Waals surface area (Å²) in [5, 5.41) is 0. The third kappa shape index (κ3) is 2.38. The minimum atomic E-state index is -0.510. The summed E-state index contributed by atoms with van der Waals surface area (Å²) in [6.07, 6.45) is 1.76. The molecule has 0 aromatic carbocycles. The molecule has 0 N–H and O–H groups in total. The zero-order valence-electron chi connectivity index (χ0n) is 13.8. The van der Waals surface area contributed by atoms with Gasteiger partial charge in [-0.05, 0) is 19.3 Å². The van der Waals surface area contributed by atoms with Gasteiger partial charge in [-0.2, -0.15) is 0 Å². The van der Waals surface area contributed by atoms with Crippen molar-refractivity contribution in [1.82, 2.24) is 9.97 Å². The molecule has 1 saturated heterocycles. The second-order valence-electron chi connectivity index (χ2n) is 6.95. The quantitative estimate of drug-likeness (QED) is 0.838. The molecule has 1 aliphatic carbocycles. The Morgan fingerprint density at radius 1 is 1.10 bits per heavy atom. The minimum Gasteiger partial charge on any atom is -0.349 e. The van der Waals surface area contributed by atoms with Crippen LogP contribution in [-0.2, 0) is 15.9 Å². The van der Waals surface area contributed by atoms with Crippen LogP contribution in [-0.4, -0.2) is 29.0 Å². The number of aryl methyl sites for hydroxylation is 1. The molecule has 4 heteroatoms. The summed E-state index contributed by atoms with van der Waals surface area (Å²) in [5.41, 5.74) is 3.48. The van der Waals surface area contributed by atoms with Crippen LogP contribution in [0.15, 0.2) is 0 Å². The lowest BCUT2D eigenvalue weighted by Gasteiger charge is -2.40. The van der Waals surface area contributed by atoms with E-state index in [0.717, 1.165) is 43.3 Å². The SMILES string of the molecule is Cc1nc(C(C)C)nc2c1CC1(OCCCO1)C2C(C)C. The Hall–Kier alpha value is -1.00. The van der Waals surface area contributed by atoms with Crippen LogP contribution in [0, 0.1) is 12.8 Å². The van der Waals surface area contributed by atoms with Crippen LogP contribution >= 0.6 is 0 Å². The van der Waals surface area contributed by atoms with Crippen LogP contribution in [0.3, 0.4) is 0 Å². The van der Waals surface area contributed by atoms with Crippen molar-refractivity contribution >= 4 is 0 Å². The first kappa shape index (κ1) is 14.9. The Morgan fingerprint density at radius 2 is 1.76 bits per heavy atom. The fourth-order valence-corrected chi connectivity index (χ4v) is 3.63. The molecule has 0 bridgehead atoms. The molecular formula is C17H26N2O2. The molecule has 3 rings (SSSR count). The van der Waals surface area contributed by atoms with Crippen LogP contribution in [0.25, 0.3) is 0 Å². The summed E-state index contributed by atoms with van der Waals surface area (Å²) in [4.78, 5) is 9.59. The van der Waals surface area contributed by atoms with Crippen molar-refractivity contribution in [2.75, 3.05) is 13.2 Å². The fraction of sp³-hybridized carbons (Fsp3) is 0.765. The largest absolute Gasteiger partial charge is 0.349 e. The molecular weight excluding hydrogens is 264 g/mol. The molecule has 1 aliphatic heterocycles. The molecule has 2 heterocycles. The molecule has 1 fully saturated rings. The van der Waals surface area contributed by atoms with E-state index in [4.69, 9.17) is 19.4 Å². The first-order valence-corrected chi connectivity index (χ1v) is 8.10. The zero-order valence-corrected chi connectivity index (χ0v) is 13.8. The normalized spacial score (nSPS) is 24.0. The van der Waals surface area contributed by atoms with Gasteiger partial charge in [0.15, 0.2) is 5.79 Å². The standard InChI is InChI=1S/C17H26N2O2/c1-10(2)14-15-13(9-17(14)20-7-6-8-21-17)12(5)18-16(19-15)11(3)4/h10-11,14H,6-9H2,1-5H3. The summed E-state index contributed by atoms with van der Waals surface area (Å²) in [7, 11) is 0. The van der Waals surface area contributed by atoms with E-state index in [1.807, 2.05) is 0 Å². The third-order valence-corrected chi connectivity index (χ3v) is 4.62. The van der Waals surface area contributed by atoms with Crippen molar-refractivity contribution in [3.8, 4) is 0 Å². The third-order valence-electron chi connectivity index (χ3n) is 4.62. The molecule has 0 saturated carbocycles. The molecule has 21 heavy (non-hydrogen) atoms. The molecule has 2 aliphatic rings. The van der Waals surface area contributed by atoms with Gasteiger partial charge in [0.2, 0.25) is 0 Å². The van der Waals surface area contributed by atoms with Crippen molar-refractivity contribution in [3.63, 3.8) is 0 Å². The van der Waals surface area contributed by atoms with Gasteiger partial charge >= 0.3 is 0 Å². The van der Waals surface area contributed by atoms with E-state index in [-0.39, 0.29) is 5.92 Å². The van der Waals surface area contributed by atoms with Gasteiger partial charge in [0.25, 0.3) is 0 Å². The van der Waals surface area contributed by atoms with Crippen molar-refractivity contribution in [2.24, 2.45) is 5.92 Å². The van der Waals surface area contributed by atoms with Crippen molar-refractivity contribution in [2.45, 2.75) is 65.1 Å². The van der Waals surface area contributed by atoms with Gasteiger partial charge in [-0.1, -0.05) is 27.7 Å². The number of ether oxygens (including phenoxy) is 2. The lowest BCUT2D eigenvalue weighted by molar-refractivity contribution is -0.278. The molecule has 1 aromatic heterocycles. The first-order valence-electron chi connectivity index (χ1n) is 8.10. The zero-order chi connectivity index (χ0) is 15.2. The highest BCUT2D eigenvalue weighted by Gasteiger charge is 2.52. The van der Waals surface area contributed by atoms with Crippen molar-refractivity contribution < 1.29 is 9.47 Å². The number of aromatic nitrogens is 2. The van der Waals surface area contributed by atoms with Crippen LogP contribution in [0.1, 0.15) is 68.7 Å². The van der Waals surface area contributed by atoms with E-state index in [2.05, 4.69) is 34.6 Å². The summed E-state index contributed by atoms with van der Waals surface area (Å²) in [6, 6.07) is 0. The van der Waals surface area contributed by atoms with Crippen LogP contribution in [0.2, 0.25) is 0 Å². The van der Waals surface area contributed by atoms with Gasteiger partial charge in [0, 0.05) is 23.6 Å². The van der Waals surface area contributed by atoms with Crippen LogP contribution < -0.4 is 0 Å². The topological polar surface area (TPSA) is 44.2 Å². The number of rotatable bonds is 2. The van der Waals surface area contributed by atoms with E-state index >= 15 is 0 Å². The van der Waals surface area contributed by atoms with E-state index < -0.39 is 5.79 Å². The molecule has 0 amide bonds. The minimum absolute atomic E-state index is 0.201. The number of hydrogen-bond acceptors (Lipinski definition) is 4. The summed E-state index contributed by atoms with van der Waals surface area (Å²) in [6.45, 7) is 12.4. The Kier molecular flexibility index (Phi) is 3.78. The Labute approximate surface area is 127 Å². The molecule has 1 aromatic rings. The van der Waals surface area contributed by atoms with E-state index in [1.54, 1.807) is 0 Å². The maximum absolute atomic E-state index is 6.15. The number of fused-ring (bicyclic) bond motifs is 1. The molecule has 1 spiro atoms. The highest BCUT2D eigenvalue weighted by Crippen LogP contribution is 2.49. The Morgan fingerprint density at radius 3 is 2.33 bits per heavy atom. The summed E-state index contributed by atoms with van der Waals surface area (Å²) in [5.74, 6) is 1.39. The van der Waals surface area contributed by atoms with Gasteiger partial charge in [0.1, 0.15) is 5.82 Å². The van der Waals surface area contributed by atoms with Gasteiger partial charge in [-0.15, -0.1) is 0 Å². The molecule has 1 atom stereocenters. The van der Waals surface area contributed by atoms with E-state index in [0.29, 0.717) is 11.8 Å². The molecule has 116 valence electrons. The fourth-order valence-electron chi connectivity index (χ4n) is 3.63. The van der Waals surface area contributed by atoms with Gasteiger partial charge in [0.05, 0.1) is 24.8 Å². The lowest BCUT2D eigenvalue weighted by atomic mass is 9.88. The molecule has 0 radical (unpaired) electrons. The Balaban J connectivity index is 2.10. The number of hydrogen-bond donors (Lipinski definition) is 0. The summed E-state index contributed by atoms with van der Waals surface area (Å²) < 4.78 is 12.3. The maximum atomic E-state index is 6.15. The van der Waals surface area contributed by atoms with Crippen molar-refractivity contribution in [3.05, 3.63) is 22.8 Å². The lowest BCUT2D eigenvalue weighted by Crippen LogP contribution is -2.46. The number of nitrogens with zero attached hydrogens (tertiary/aromatic N) is 2. The highest BCUT2D eigenvalue weighted by molar-refractivity contribution is 5.38. The second-order valence-corrected chi connectivity index (χ2v) is 6.95. The monoisotopic (exact) mass is 290 g/mol. The predicted octanol–water partition coefficient (Wildman–Crippen LogP) is 3.34. The van der Waals surface area contributed by atoms with Crippen LogP contribution in [0.5, 0.6) is 0 Å². The maximum Gasteiger partial charge on any atom is 0.180 e. The van der Waals surface area contributed by atoms with Gasteiger partial charge in [-0.25, -0.2) is 9.97 Å². The molecule has 1 unspecified atom stereocenters. The van der Waals surface area contributed by atoms with E-state index in [1.165, 1.54) is 5.56 Å². The Bertz CT molecular complexity index is 534. The van der Waals surface area contributed by atoms with Crippen molar-refractivity contribution in [1.29, 1.82) is 0 Å². The first-order chi connectivity index (χ1) is 9.94. The molecule has 4 nitrogen and oxygen atoms in total. The van der Waals surface area contributed by atoms with Gasteiger partial charge in [-0.3, -0.25) is 0 Å². The van der Waals surface area contributed by atoms with Crippen LogP contribution in [0.4, 0.5) is 0 Å². The summed E-state index contributed by atoms with van der Waals surface area (Å²) >= 11 is 0. The highest BCUT2D eigenvalue weighted by atomic mass is 16.7. The predicted molar refractivity (Wildman–Crippen MR) is 81.4 cm³/mol. The smallest absolute Gasteiger partial charge is 0.180 e. The van der Waals surface area contributed by atoms with Gasteiger partial charge < -0.3 is 9.47 Å². The average molecular weight is 290 g/mol.